The van der Waals surface area contributed by atoms with Gasteiger partial charge in [0, 0.05) is 26.5 Å². The number of carbonyl (C=O) groups excluding carboxylic acids is 2. The van der Waals surface area contributed by atoms with Crippen molar-refractivity contribution in [2.24, 2.45) is 12.1 Å². The Morgan fingerprint density at radius 1 is 1.10 bits per heavy atom. The second-order valence-corrected chi connectivity index (χ2v) is 7.06. The predicted octanol–water partition coefficient (Wildman–Crippen LogP) is 1.55. The topological polar surface area (TPSA) is 106 Å². The molecule has 0 bridgehead atoms. The molecule has 0 aliphatic heterocycles. The summed E-state index contributed by atoms with van der Waals surface area (Å²) in [7, 11) is 4.82. The van der Waals surface area contributed by atoms with Crippen molar-refractivity contribution >= 4 is 28.3 Å². The first-order chi connectivity index (χ1) is 14.8. The van der Waals surface area contributed by atoms with E-state index in [4.69, 9.17) is 4.74 Å². The third-order valence-electron chi connectivity index (χ3n) is 4.63. The van der Waals surface area contributed by atoms with E-state index in [9.17, 15) is 14.4 Å². The Morgan fingerprint density at radius 3 is 2.39 bits per heavy atom. The first-order valence-electron chi connectivity index (χ1n) is 9.52. The quantitative estimate of drug-likeness (QED) is 0.480. The van der Waals surface area contributed by atoms with Crippen LogP contribution in [0, 0.1) is 0 Å². The maximum atomic E-state index is 12.7. The van der Waals surface area contributed by atoms with E-state index < -0.39 is 5.91 Å². The van der Waals surface area contributed by atoms with Crippen LogP contribution < -0.4 is 15.7 Å². The van der Waals surface area contributed by atoms with Gasteiger partial charge in [0.05, 0.1) is 11.1 Å². The number of nitrogens with one attached hydrogen (secondary N) is 1. The van der Waals surface area contributed by atoms with Gasteiger partial charge in [-0.2, -0.15) is 10.2 Å². The second kappa shape index (κ2) is 9.21. The number of benzene rings is 2. The standard InChI is InChI=1S/C22H23N5O4/c1-14(15-9-11-16(12-10-15)31-13-19(28)26(2)3)23-24-21(29)20-17-7-5-6-8-18(17)22(30)27(4)25-20/h5-12H,13H2,1-4H3,(H,24,29)/b23-14-. The van der Waals surface area contributed by atoms with Crippen LogP contribution in [0.25, 0.3) is 10.8 Å². The highest BCUT2D eigenvalue weighted by atomic mass is 16.5. The lowest BCUT2D eigenvalue weighted by Gasteiger charge is -2.11. The molecule has 0 aliphatic rings. The Kier molecular flexibility index (Phi) is 6.44. The van der Waals surface area contributed by atoms with Crippen LogP contribution in [0.3, 0.4) is 0 Å². The molecule has 1 N–H and O–H groups in total. The summed E-state index contributed by atoms with van der Waals surface area (Å²) in [4.78, 5) is 37.9. The number of likely N-dealkylation sites (N-methyl/N-ethyl adjacent to an activating group) is 1. The Balaban J connectivity index is 1.73. The van der Waals surface area contributed by atoms with Crippen molar-refractivity contribution in [1.29, 1.82) is 0 Å². The highest BCUT2D eigenvalue weighted by molar-refractivity contribution is 6.06. The summed E-state index contributed by atoms with van der Waals surface area (Å²) >= 11 is 0. The second-order valence-electron chi connectivity index (χ2n) is 7.06. The zero-order chi connectivity index (χ0) is 22.5. The Labute approximate surface area is 178 Å². The maximum absolute atomic E-state index is 12.7. The van der Waals surface area contributed by atoms with E-state index in [2.05, 4.69) is 15.6 Å². The fourth-order valence-corrected chi connectivity index (χ4v) is 2.79. The molecule has 0 unspecified atom stereocenters. The third-order valence-corrected chi connectivity index (χ3v) is 4.63. The van der Waals surface area contributed by atoms with E-state index in [1.807, 2.05) is 0 Å². The highest BCUT2D eigenvalue weighted by Crippen LogP contribution is 2.14. The van der Waals surface area contributed by atoms with E-state index in [0.717, 1.165) is 10.2 Å². The van der Waals surface area contributed by atoms with Gasteiger partial charge >= 0.3 is 0 Å². The zero-order valence-corrected chi connectivity index (χ0v) is 17.7. The molecule has 3 rings (SSSR count). The number of fused-ring (bicyclic) bond motifs is 1. The van der Waals surface area contributed by atoms with Crippen LogP contribution in [0.4, 0.5) is 0 Å². The Morgan fingerprint density at radius 2 is 1.74 bits per heavy atom. The number of hydrazone groups is 1. The van der Waals surface area contributed by atoms with Gasteiger partial charge in [0.1, 0.15) is 5.75 Å². The summed E-state index contributed by atoms with van der Waals surface area (Å²) in [6, 6.07) is 13.8. The molecule has 0 radical (unpaired) electrons. The summed E-state index contributed by atoms with van der Waals surface area (Å²) < 4.78 is 6.58. The SMILES string of the molecule is C/C(=N/NC(=O)c1nn(C)c(=O)c2ccccc12)c1ccc(OCC(=O)N(C)C)cc1. The smallest absolute Gasteiger partial charge is 0.292 e. The Bertz CT molecular complexity index is 1210. The molecule has 0 saturated heterocycles. The molecule has 0 saturated carbocycles. The highest BCUT2D eigenvalue weighted by Gasteiger charge is 2.15. The molecular formula is C22H23N5O4. The average molecular weight is 421 g/mol. The summed E-state index contributed by atoms with van der Waals surface area (Å²) in [5, 5.41) is 9.10. The van der Waals surface area contributed by atoms with Gasteiger partial charge < -0.3 is 9.64 Å². The van der Waals surface area contributed by atoms with E-state index in [1.165, 1.54) is 11.9 Å². The van der Waals surface area contributed by atoms with Gasteiger partial charge in [0.2, 0.25) is 0 Å². The molecule has 0 atom stereocenters. The molecule has 2 aromatic carbocycles. The Hall–Kier alpha value is -4.01. The largest absolute Gasteiger partial charge is 0.484 e. The lowest BCUT2D eigenvalue weighted by Crippen LogP contribution is -2.27. The number of hydrogen-bond donors (Lipinski definition) is 1. The number of ether oxygens (including phenoxy) is 1. The van der Waals surface area contributed by atoms with Crippen molar-refractivity contribution in [3.63, 3.8) is 0 Å². The van der Waals surface area contributed by atoms with Crippen molar-refractivity contribution in [1.82, 2.24) is 20.1 Å². The van der Waals surface area contributed by atoms with Gasteiger partial charge in [-0.15, -0.1) is 0 Å². The molecule has 31 heavy (non-hydrogen) atoms. The fraction of sp³-hybridized carbons (Fsp3) is 0.227. The molecule has 160 valence electrons. The molecule has 0 aliphatic carbocycles. The van der Waals surface area contributed by atoms with Crippen molar-refractivity contribution in [3.8, 4) is 5.75 Å². The molecule has 0 spiro atoms. The summed E-state index contributed by atoms with van der Waals surface area (Å²) in [5.74, 6) is -0.103. The number of carbonyl (C=O) groups is 2. The van der Waals surface area contributed by atoms with Gasteiger partial charge in [0.15, 0.2) is 12.3 Å². The van der Waals surface area contributed by atoms with Crippen LogP contribution in [-0.4, -0.2) is 52.9 Å². The monoisotopic (exact) mass is 421 g/mol. The predicted molar refractivity (Wildman–Crippen MR) is 117 cm³/mol. The first kappa shape index (κ1) is 21.7. The summed E-state index contributed by atoms with van der Waals surface area (Å²) in [6.07, 6.45) is 0. The lowest BCUT2D eigenvalue weighted by molar-refractivity contribution is -0.130. The molecule has 1 heterocycles. The number of aryl methyl sites for hydroxylation is 1. The molecule has 2 amide bonds. The van der Waals surface area contributed by atoms with E-state index in [1.54, 1.807) is 69.6 Å². The lowest BCUT2D eigenvalue weighted by atomic mass is 10.1. The minimum atomic E-state index is -0.520. The number of aromatic nitrogens is 2. The van der Waals surface area contributed by atoms with Crippen molar-refractivity contribution < 1.29 is 14.3 Å². The van der Waals surface area contributed by atoms with Crippen LogP contribution in [0.5, 0.6) is 5.75 Å². The molecule has 1 aromatic heterocycles. The number of hydrogen-bond acceptors (Lipinski definition) is 6. The van der Waals surface area contributed by atoms with Crippen molar-refractivity contribution in [2.75, 3.05) is 20.7 Å². The number of nitrogens with zero attached hydrogens (tertiary/aromatic N) is 4. The van der Waals surface area contributed by atoms with Gasteiger partial charge in [-0.3, -0.25) is 14.4 Å². The third kappa shape index (κ3) is 4.95. The van der Waals surface area contributed by atoms with Crippen LogP contribution in [0.1, 0.15) is 23.0 Å². The van der Waals surface area contributed by atoms with E-state index >= 15 is 0 Å². The van der Waals surface area contributed by atoms with Crippen LogP contribution >= 0.6 is 0 Å². The molecular weight excluding hydrogens is 398 g/mol. The normalized spacial score (nSPS) is 11.3. The average Bonchev–Trinajstić information content (AvgIpc) is 2.78. The zero-order valence-electron chi connectivity index (χ0n) is 17.7. The van der Waals surface area contributed by atoms with Crippen LogP contribution in [-0.2, 0) is 11.8 Å². The summed E-state index contributed by atoms with van der Waals surface area (Å²) in [6.45, 7) is 1.70. The van der Waals surface area contributed by atoms with Crippen molar-refractivity contribution in [2.45, 2.75) is 6.92 Å². The number of amides is 2. The molecule has 0 fully saturated rings. The van der Waals surface area contributed by atoms with Gasteiger partial charge in [-0.05, 0) is 42.8 Å². The molecule has 9 nitrogen and oxygen atoms in total. The van der Waals surface area contributed by atoms with Gasteiger partial charge in [0.25, 0.3) is 17.4 Å². The van der Waals surface area contributed by atoms with E-state index in [0.29, 0.717) is 22.2 Å². The van der Waals surface area contributed by atoms with Crippen molar-refractivity contribution in [3.05, 3.63) is 70.1 Å². The minimum Gasteiger partial charge on any atom is -0.484 e. The minimum absolute atomic E-state index is 0.0456. The van der Waals surface area contributed by atoms with Crippen LogP contribution in [0.15, 0.2) is 58.4 Å². The molecule has 9 heteroatoms. The van der Waals surface area contributed by atoms with Crippen LogP contribution in [0.2, 0.25) is 0 Å². The maximum Gasteiger partial charge on any atom is 0.292 e. The molecule has 3 aromatic rings. The van der Waals surface area contributed by atoms with Gasteiger partial charge in [-0.1, -0.05) is 18.2 Å². The first-order valence-corrected chi connectivity index (χ1v) is 9.52. The fourth-order valence-electron chi connectivity index (χ4n) is 2.79. The summed E-state index contributed by atoms with van der Waals surface area (Å²) in [5.41, 5.74) is 3.67. The van der Waals surface area contributed by atoms with E-state index in [-0.39, 0.29) is 23.8 Å². The number of rotatable bonds is 6. The van der Waals surface area contributed by atoms with Gasteiger partial charge in [-0.25, -0.2) is 10.1 Å².